The Kier molecular flexibility index (Phi) is 6.76. The third-order valence-electron chi connectivity index (χ3n) is 6.10. The molecule has 1 heterocycles. The van der Waals surface area contributed by atoms with Crippen molar-refractivity contribution in [1.29, 1.82) is 0 Å². The molecule has 7 nitrogen and oxygen atoms in total. The summed E-state index contributed by atoms with van der Waals surface area (Å²) in [5.74, 6) is -0.127. The van der Waals surface area contributed by atoms with E-state index in [0.717, 1.165) is 18.4 Å². The molecule has 182 valence electrons. The molecule has 4 rings (SSSR count). The summed E-state index contributed by atoms with van der Waals surface area (Å²) in [6.45, 7) is 5.22. The molecule has 2 amide bonds. The SMILES string of the molecule is CC(=O)N(c1ccc(S(=O)(=O)CC2CC2)cc1)c1cccc(C(=O)NC(C)(C)c2cccnc2)c1. The Labute approximate surface area is 206 Å². The lowest BCUT2D eigenvalue weighted by molar-refractivity contribution is -0.115. The summed E-state index contributed by atoms with van der Waals surface area (Å²) in [7, 11) is -3.34. The van der Waals surface area contributed by atoms with Crippen molar-refractivity contribution in [2.45, 2.75) is 44.0 Å². The quantitative estimate of drug-likeness (QED) is 0.496. The zero-order valence-corrected chi connectivity index (χ0v) is 20.9. The Balaban J connectivity index is 1.57. The van der Waals surface area contributed by atoms with Gasteiger partial charge in [0.2, 0.25) is 5.91 Å². The normalized spacial score (nSPS) is 13.8. The second kappa shape index (κ2) is 9.62. The number of benzene rings is 2. The Morgan fingerprint density at radius 3 is 2.34 bits per heavy atom. The molecule has 35 heavy (non-hydrogen) atoms. The predicted molar refractivity (Wildman–Crippen MR) is 135 cm³/mol. The van der Waals surface area contributed by atoms with E-state index in [1.54, 1.807) is 48.8 Å². The molecule has 3 aromatic rings. The molecular weight excluding hydrogens is 462 g/mol. The van der Waals surface area contributed by atoms with E-state index in [1.807, 2.05) is 26.0 Å². The Morgan fingerprint density at radius 1 is 1.03 bits per heavy atom. The Hall–Kier alpha value is -3.52. The molecule has 1 aliphatic carbocycles. The van der Waals surface area contributed by atoms with E-state index in [0.29, 0.717) is 16.9 Å². The summed E-state index contributed by atoms with van der Waals surface area (Å²) >= 11 is 0. The van der Waals surface area contributed by atoms with Crippen molar-refractivity contribution in [3.8, 4) is 0 Å². The second-order valence-corrected chi connectivity index (χ2v) is 11.5. The lowest BCUT2D eigenvalue weighted by Crippen LogP contribution is -2.41. The van der Waals surface area contributed by atoms with Crippen LogP contribution in [0.4, 0.5) is 11.4 Å². The van der Waals surface area contributed by atoms with Crippen LogP contribution in [0.25, 0.3) is 0 Å². The average Bonchev–Trinajstić information content (AvgIpc) is 3.63. The van der Waals surface area contributed by atoms with E-state index in [9.17, 15) is 18.0 Å². The van der Waals surface area contributed by atoms with Crippen molar-refractivity contribution in [2.75, 3.05) is 10.7 Å². The molecule has 2 aromatic carbocycles. The summed E-state index contributed by atoms with van der Waals surface area (Å²) in [5.41, 5.74) is 1.65. The summed E-state index contributed by atoms with van der Waals surface area (Å²) in [4.78, 5) is 31.5. The number of rotatable bonds is 8. The van der Waals surface area contributed by atoms with E-state index in [-0.39, 0.29) is 28.4 Å². The lowest BCUT2D eigenvalue weighted by atomic mass is 9.95. The van der Waals surface area contributed by atoms with Crippen LogP contribution < -0.4 is 10.2 Å². The molecule has 0 spiro atoms. The van der Waals surface area contributed by atoms with E-state index < -0.39 is 15.4 Å². The fraction of sp³-hybridized carbons (Fsp3) is 0.296. The van der Waals surface area contributed by atoms with Gasteiger partial charge in [0.05, 0.1) is 16.2 Å². The van der Waals surface area contributed by atoms with Crippen LogP contribution in [0, 0.1) is 5.92 Å². The highest BCUT2D eigenvalue weighted by molar-refractivity contribution is 7.91. The summed E-state index contributed by atoms with van der Waals surface area (Å²) in [6.07, 6.45) is 5.30. The van der Waals surface area contributed by atoms with Gasteiger partial charge in [0, 0.05) is 36.3 Å². The zero-order chi connectivity index (χ0) is 25.2. The van der Waals surface area contributed by atoms with Gasteiger partial charge in [-0.3, -0.25) is 19.5 Å². The number of hydrogen-bond acceptors (Lipinski definition) is 5. The minimum atomic E-state index is -3.34. The third-order valence-corrected chi connectivity index (χ3v) is 8.00. The van der Waals surface area contributed by atoms with Gasteiger partial charge < -0.3 is 5.32 Å². The number of pyridine rings is 1. The van der Waals surface area contributed by atoms with Crippen molar-refractivity contribution in [3.63, 3.8) is 0 Å². The molecule has 0 atom stereocenters. The molecule has 1 N–H and O–H groups in total. The molecule has 1 saturated carbocycles. The van der Waals surface area contributed by atoms with Gasteiger partial charge in [-0.25, -0.2) is 8.42 Å². The van der Waals surface area contributed by atoms with Crippen LogP contribution in [-0.2, 0) is 20.2 Å². The zero-order valence-electron chi connectivity index (χ0n) is 20.1. The van der Waals surface area contributed by atoms with Crippen molar-refractivity contribution in [1.82, 2.24) is 10.3 Å². The Bertz CT molecular complexity index is 1330. The minimum absolute atomic E-state index is 0.162. The van der Waals surface area contributed by atoms with Crippen LogP contribution in [0.1, 0.15) is 49.5 Å². The average molecular weight is 492 g/mol. The van der Waals surface area contributed by atoms with Gasteiger partial charge in [-0.2, -0.15) is 0 Å². The van der Waals surface area contributed by atoms with Crippen LogP contribution >= 0.6 is 0 Å². The molecule has 0 radical (unpaired) electrons. The van der Waals surface area contributed by atoms with Crippen LogP contribution in [0.3, 0.4) is 0 Å². The van der Waals surface area contributed by atoms with Crippen LogP contribution in [-0.4, -0.2) is 31.0 Å². The molecule has 0 bridgehead atoms. The molecule has 1 fully saturated rings. The number of anilines is 2. The van der Waals surface area contributed by atoms with Gasteiger partial charge in [0.15, 0.2) is 9.84 Å². The highest BCUT2D eigenvalue weighted by Gasteiger charge is 2.29. The minimum Gasteiger partial charge on any atom is -0.343 e. The molecule has 8 heteroatoms. The van der Waals surface area contributed by atoms with Crippen molar-refractivity contribution in [2.24, 2.45) is 5.92 Å². The van der Waals surface area contributed by atoms with E-state index in [4.69, 9.17) is 0 Å². The predicted octanol–water partition coefficient (Wildman–Crippen LogP) is 4.62. The molecule has 0 unspecified atom stereocenters. The Morgan fingerprint density at radius 2 is 1.74 bits per heavy atom. The number of sulfone groups is 1. The van der Waals surface area contributed by atoms with Gasteiger partial charge in [-0.15, -0.1) is 0 Å². The lowest BCUT2D eigenvalue weighted by Gasteiger charge is -2.27. The maximum atomic E-state index is 13.1. The number of amides is 2. The number of aromatic nitrogens is 1. The number of hydrogen-bond donors (Lipinski definition) is 1. The maximum absolute atomic E-state index is 13.1. The highest BCUT2D eigenvalue weighted by atomic mass is 32.2. The van der Waals surface area contributed by atoms with Gasteiger partial charge in [-0.1, -0.05) is 12.1 Å². The smallest absolute Gasteiger partial charge is 0.252 e. The largest absolute Gasteiger partial charge is 0.343 e. The molecule has 1 aromatic heterocycles. The highest BCUT2D eigenvalue weighted by Crippen LogP contribution is 2.33. The van der Waals surface area contributed by atoms with E-state index in [2.05, 4.69) is 10.3 Å². The van der Waals surface area contributed by atoms with Crippen molar-refractivity contribution < 1.29 is 18.0 Å². The first-order chi connectivity index (χ1) is 16.6. The number of carbonyl (C=O) groups is 2. The number of carbonyl (C=O) groups excluding carboxylic acids is 2. The van der Waals surface area contributed by atoms with Crippen LogP contribution in [0.5, 0.6) is 0 Å². The van der Waals surface area contributed by atoms with Gasteiger partial charge in [0.1, 0.15) is 0 Å². The third kappa shape index (κ3) is 5.77. The molecule has 0 aliphatic heterocycles. The molecule has 1 aliphatic rings. The van der Waals surface area contributed by atoms with Crippen molar-refractivity contribution >= 4 is 33.0 Å². The van der Waals surface area contributed by atoms with E-state index >= 15 is 0 Å². The molecule has 0 saturated heterocycles. The van der Waals surface area contributed by atoms with Crippen LogP contribution in [0.2, 0.25) is 0 Å². The monoisotopic (exact) mass is 491 g/mol. The fourth-order valence-corrected chi connectivity index (χ4v) is 5.65. The van der Waals surface area contributed by atoms with Crippen molar-refractivity contribution in [3.05, 3.63) is 84.2 Å². The first-order valence-corrected chi connectivity index (χ1v) is 13.2. The second-order valence-electron chi connectivity index (χ2n) is 9.44. The van der Waals surface area contributed by atoms with Gasteiger partial charge in [-0.05, 0) is 86.7 Å². The van der Waals surface area contributed by atoms with Gasteiger partial charge in [0.25, 0.3) is 5.91 Å². The number of nitrogens with zero attached hydrogens (tertiary/aromatic N) is 2. The van der Waals surface area contributed by atoms with Crippen LogP contribution in [0.15, 0.2) is 78.0 Å². The number of nitrogens with one attached hydrogen (secondary N) is 1. The van der Waals surface area contributed by atoms with Gasteiger partial charge >= 0.3 is 0 Å². The summed E-state index contributed by atoms with van der Waals surface area (Å²) in [5, 5.41) is 3.02. The fourth-order valence-electron chi connectivity index (χ4n) is 3.95. The van der Waals surface area contributed by atoms with E-state index in [1.165, 1.54) is 24.0 Å². The topological polar surface area (TPSA) is 96.4 Å². The summed E-state index contributed by atoms with van der Waals surface area (Å²) in [6, 6.07) is 16.8. The first kappa shape index (κ1) is 24.6. The standard InChI is InChI=1S/C27H29N3O4S/c1-19(31)30(23-11-13-25(14-12-23)35(33,34)18-20-9-10-20)24-8-4-6-21(16-24)26(32)29-27(2,3)22-7-5-15-28-17-22/h4-8,11-17,20H,9-10,18H2,1-3H3,(H,29,32). The summed E-state index contributed by atoms with van der Waals surface area (Å²) < 4.78 is 25.1. The first-order valence-electron chi connectivity index (χ1n) is 11.5. The maximum Gasteiger partial charge on any atom is 0.252 e. The molecular formula is C27H29N3O4S.